The molecule has 0 aliphatic heterocycles. The van der Waals surface area contributed by atoms with Crippen LogP contribution in [0.15, 0.2) is 22.6 Å². The van der Waals surface area contributed by atoms with Crippen LogP contribution in [0.4, 0.5) is 0 Å². The van der Waals surface area contributed by atoms with Crippen molar-refractivity contribution in [3.63, 3.8) is 0 Å². The molecule has 0 saturated heterocycles. The maximum atomic E-state index is 5.33. The van der Waals surface area contributed by atoms with Crippen LogP contribution in [0.5, 0.6) is 0 Å². The van der Waals surface area contributed by atoms with E-state index in [-0.39, 0.29) is 0 Å². The third-order valence-electron chi connectivity index (χ3n) is 1.63. The predicted molar refractivity (Wildman–Crippen MR) is 40.2 cm³/mol. The lowest BCUT2D eigenvalue weighted by molar-refractivity contribution is 0.669. The normalized spacial score (nSPS) is 11.3. The van der Waals surface area contributed by atoms with Gasteiger partial charge in [0.15, 0.2) is 0 Å². The van der Waals surface area contributed by atoms with Crippen molar-refractivity contribution in [2.75, 3.05) is 7.05 Å². The van der Waals surface area contributed by atoms with Gasteiger partial charge < -0.3 is 9.73 Å². The molecule has 1 N–H and O–H groups in total. The fourth-order valence-electron chi connectivity index (χ4n) is 1.17. The van der Waals surface area contributed by atoms with Gasteiger partial charge >= 0.3 is 0 Å². The first-order chi connectivity index (χ1) is 4.90. The predicted octanol–water partition coefficient (Wildman–Crippen LogP) is 1.59. The number of fused-ring (bicyclic) bond motifs is 2. The SMILES string of the molecule is CNCc1cc2ccc1o2. The zero-order valence-electron chi connectivity index (χ0n) is 5.85. The van der Waals surface area contributed by atoms with Crippen molar-refractivity contribution in [1.29, 1.82) is 0 Å². The maximum absolute atomic E-state index is 5.33. The molecule has 52 valence electrons. The van der Waals surface area contributed by atoms with Crippen molar-refractivity contribution >= 4 is 11.2 Å². The molecule has 2 heteroatoms. The Kier molecular flexibility index (Phi) is 1.14. The highest BCUT2D eigenvalue weighted by atomic mass is 16.3. The summed E-state index contributed by atoms with van der Waals surface area (Å²) in [4.78, 5) is 0. The number of furan rings is 2. The van der Waals surface area contributed by atoms with E-state index in [1.165, 1.54) is 5.56 Å². The molecule has 0 amide bonds. The monoisotopic (exact) mass is 135 g/mol. The van der Waals surface area contributed by atoms with Crippen molar-refractivity contribution in [2.45, 2.75) is 6.54 Å². The molecule has 0 saturated carbocycles. The minimum absolute atomic E-state index is 0.892. The van der Waals surface area contributed by atoms with Gasteiger partial charge in [0, 0.05) is 12.1 Å². The molecule has 0 unspecified atom stereocenters. The highest BCUT2D eigenvalue weighted by molar-refractivity contribution is 5.65. The van der Waals surface area contributed by atoms with Gasteiger partial charge in [0.1, 0.15) is 11.2 Å². The molecular formula is C8H9NO. The largest absolute Gasteiger partial charge is 0.457 e. The van der Waals surface area contributed by atoms with Gasteiger partial charge in [-0.15, -0.1) is 0 Å². The van der Waals surface area contributed by atoms with E-state index >= 15 is 0 Å². The van der Waals surface area contributed by atoms with E-state index in [0.717, 1.165) is 17.7 Å². The van der Waals surface area contributed by atoms with Gasteiger partial charge in [-0.3, -0.25) is 0 Å². The molecule has 0 fully saturated rings. The molecule has 0 atom stereocenters. The lowest BCUT2D eigenvalue weighted by Gasteiger charge is -1.92. The van der Waals surface area contributed by atoms with Crippen LogP contribution in [0, 0.1) is 0 Å². The Labute approximate surface area is 59.2 Å². The van der Waals surface area contributed by atoms with Crippen LogP contribution in [0.3, 0.4) is 0 Å². The van der Waals surface area contributed by atoms with Crippen molar-refractivity contribution in [1.82, 2.24) is 5.32 Å². The summed E-state index contributed by atoms with van der Waals surface area (Å²) in [6.07, 6.45) is 0. The topological polar surface area (TPSA) is 25.2 Å². The van der Waals surface area contributed by atoms with Gasteiger partial charge in [-0.1, -0.05) is 0 Å². The summed E-state index contributed by atoms with van der Waals surface area (Å²) in [5.41, 5.74) is 3.23. The minimum Gasteiger partial charge on any atom is -0.457 e. The quantitative estimate of drug-likeness (QED) is 0.676. The summed E-state index contributed by atoms with van der Waals surface area (Å²) >= 11 is 0. The van der Waals surface area contributed by atoms with E-state index in [0.29, 0.717) is 0 Å². The molecule has 2 aromatic heterocycles. The van der Waals surface area contributed by atoms with Gasteiger partial charge in [0.2, 0.25) is 0 Å². The van der Waals surface area contributed by atoms with Gasteiger partial charge in [-0.05, 0) is 25.2 Å². The van der Waals surface area contributed by atoms with E-state index < -0.39 is 0 Å². The molecular weight excluding hydrogens is 126 g/mol. The second-order valence-electron chi connectivity index (χ2n) is 2.40. The summed E-state index contributed by atoms with van der Waals surface area (Å²) < 4.78 is 5.33. The first-order valence-electron chi connectivity index (χ1n) is 3.35. The van der Waals surface area contributed by atoms with Crippen LogP contribution in [-0.2, 0) is 6.54 Å². The average Bonchev–Trinajstić information content (AvgIpc) is 2.48. The second-order valence-corrected chi connectivity index (χ2v) is 2.40. The first-order valence-corrected chi connectivity index (χ1v) is 3.35. The highest BCUT2D eigenvalue weighted by Gasteiger charge is 2.03. The molecule has 2 heterocycles. The number of nitrogens with one attached hydrogen (secondary N) is 1. The molecule has 0 aliphatic carbocycles. The Hall–Kier alpha value is -1.02. The van der Waals surface area contributed by atoms with Gasteiger partial charge in [0.05, 0.1) is 0 Å². The van der Waals surface area contributed by atoms with Crippen molar-refractivity contribution < 1.29 is 4.42 Å². The van der Waals surface area contributed by atoms with E-state index in [9.17, 15) is 0 Å². The summed E-state index contributed by atoms with van der Waals surface area (Å²) in [5.74, 6) is 0. The zero-order chi connectivity index (χ0) is 6.97. The highest BCUT2D eigenvalue weighted by Crippen LogP contribution is 2.21. The Morgan fingerprint density at radius 1 is 1.50 bits per heavy atom. The molecule has 10 heavy (non-hydrogen) atoms. The zero-order valence-corrected chi connectivity index (χ0v) is 5.85. The molecule has 0 radical (unpaired) electrons. The minimum atomic E-state index is 0.892. The van der Waals surface area contributed by atoms with Gasteiger partial charge in [0.25, 0.3) is 0 Å². The Bertz CT molecular complexity index is 312. The number of hydrogen-bond acceptors (Lipinski definition) is 2. The smallest absolute Gasteiger partial charge is 0.132 e. The fraction of sp³-hybridized carbons (Fsp3) is 0.250. The molecule has 2 aromatic rings. The summed E-state index contributed by atoms with van der Waals surface area (Å²) in [6, 6.07) is 6.04. The Balaban J connectivity index is 2.43. The number of hydrogen-bond donors (Lipinski definition) is 1. The number of benzene rings is 1. The summed E-state index contributed by atoms with van der Waals surface area (Å²) in [5, 5.41) is 3.08. The Morgan fingerprint density at radius 3 is 2.90 bits per heavy atom. The van der Waals surface area contributed by atoms with Crippen LogP contribution in [0.1, 0.15) is 5.56 Å². The van der Waals surface area contributed by atoms with Crippen LogP contribution in [-0.4, -0.2) is 7.05 Å². The molecule has 2 rings (SSSR count). The second kappa shape index (κ2) is 1.99. The lowest BCUT2D eigenvalue weighted by Crippen LogP contribution is -2.03. The molecule has 0 aliphatic rings. The molecule has 2 nitrogen and oxygen atoms in total. The van der Waals surface area contributed by atoms with Crippen LogP contribution in [0.25, 0.3) is 11.2 Å². The number of rotatable bonds is 2. The fourth-order valence-corrected chi connectivity index (χ4v) is 1.17. The van der Waals surface area contributed by atoms with Gasteiger partial charge in [-0.2, -0.15) is 0 Å². The first kappa shape index (κ1) is 5.74. The standard InChI is InChI=1S/C8H9NO/c1-9-5-6-4-7-2-3-8(6)10-7/h2-4,9H,5H2,1H3. The van der Waals surface area contributed by atoms with E-state index in [4.69, 9.17) is 4.42 Å². The van der Waals surface area contributed by atoms with Crippen molar-refractivity contribution in [2.24, 2.45) is 0 Å². The molecule has 0 spiro atoms. The van der Waals surface area contributed by atoms with Crippen LogP contribution < -0.4 is 5.32 Å². The van der Waals surface area contributed by atoms with Crippen LogP contribution >= 0.6 is 0 Å². The average molecular weight is 135 g/mol. The van der Waals surface area contributed by atoms with Gasteiger partial charge in [-0.25, -0.2) is 0 Å². The molecule has 2 bridgehead atoms. The Morgan fingerprint density at radius 2 is 2.40 bits per heavy atom. The van der Waals surface area contributed by atoms with Crippen molar-refractivity contribution in [3.05, 3.63) is 23.8 Å². The van der Waals surface area contributed by atoms with E-state index in [1.807, 2.05) is 19.2 Å². The van der Waals surface area contributed by atoms with E-state index in [1.54, 1.807) is 0 Å². The third-order valence-corrected chi connectivity index (χ3v) is 1.63. The summed E-state index contributed by atoms with van der Waals surface area (Å²) in [6.45, 7) is 0.892. The summed E-state index contributed by atoms with van der Waals surface area (Å²) in [7, 11) is 1.93. The molecule has 0 aromatic carbocycles. The van der Waals surface area contributed by atoms with Crippen LogP contribution in [0.2, 0.25) is 0 Å². The van der Waals surface area contributed by atoms with Crippen molar-refractivity contribution in [3.8, 4) is 0 Å². The van der Waals surface area contributed by atoms with E-state index in [2.05, 4.69) is 11.4 Å². The third kappa shape index (κ3) is 0.693. The maximum Gasteiger partial charge on any atom is 0.132 e. The lowest BCUT2D eigenvalue weighted by atomic mass is 10.2.